The van der Waals surface area contributed by atoms with Crippen LogP contribution in [0, 0.1) is 5.92 Å². The minimum absolute atomic E-state index is 0.0508. The smallest absolute Gasteiger partial charge is 0.317 e. The van der Waals surface area contributed by atoms with Crippen LogP contribution in [0.2, 0.25) is 0 Å². The maximum Gasteiger partial charge on any atom is 0.317 e. The van der Waals surface area contributed by atoms with Crippen molar-refractivity contribution in [3.8, 4) is 0 Å². The Bertz CT molecular complexity index is 627. The molecular formula is C14H19N5O2S. The van der Waals surface area contributed by atoms with Crippen molar-refractivity contribution in [3.05, 3.63) is 34.5 Å². The summed E-state index contributed by atoms with van der Waals surface area (Å²) < 4.78 is 1.74. The number of nitrogens with zero attached hydrogens (tertiary/aromatic N) is 4. The van der Waals surface area contributed by atoms with Crippen molar-refractivity contribution in [2.24, 2.45) is 13.0 Å². The highest BCUT2D eigenvalue weighted by atomic mass is 32.1. The van der Waals surface area contributed by atoms with E-state index in [2.05, 4.69) is 15.4 Å². The van der Waals surface area contributed by atoms with Gasteiger partial charge < -0.3 is 15.3 Å². The number of carbonyl (C=O) groups is 1. The molecule has 0 aromatic carbocycles. The number of likely N-dealkylation sites (tertiary alicyclic amines) is 1. The predicted molar refractivity (Wildman–Crippen MR) is 82.4 cm³/mol. The van der Waals surface area contributed by atoms with Crippen LogP contribution in [0.4, 0.5) is 4.79 Å². The molecule has 0 radical (unpaired) electrons. The molecule has 118 valence electrons. The van der Waals surface area contributed by atoms with E-state index in [9.17, 15) is 9.90 Å². The number of carbonyl (C=O) groups excluding carboxylic acids is 1. The van der Waals surface area contributed by atoms with Gasteiger partial charge in [0.25, 0.3) is 0 Å². The van der Waals surface area contributed by atoms with Crippen LogP contribution in [0.25, 0.3) is 0 Å². The molecule has 2 atom stereocenters. The van der Waals surface area contributed by atoms with Crippen LogP contribution >= 0.6 is 11.3 Å². The zero-order chi connectivity index (χ0) is 15.5. The van der Waals surface area contributed by atoms with E-state index in [1.54, 1.807) is 15.8 Å². The second kappa shape index (κ2) is 6.45. The third-order valence-corrected chi connectivity index (χ3v) is 4.77. The zero-order valence-corrected chi connectivity index (χ0v) is 13.2. The van der Waals surface area contributed by atoms with Crippen molar-refractivity contribution >= 4 is 17.4 Å². The Balaban J connectivity index is 1.62. The summed E-state index contributed by atoms with van der Waals surface area (Å²) >= 11 is 1.52. The average molecular weight is 321 g/mol. The summed E-state index contributed by atoms with van der Waals surface area (Å²) in [6.07, 6.45) is 5.48. The fraction of sp³-hybridized carbons (Fsp3) is 0.500. The molecule has 3 rings (SSSR count). The molecule has 8 heteroatoms. The van der Waals surface area contributed by atoms with Crippen LogP contribution < -0.4 is 5.32 Å². The molecule has 0 unspecified atom stereocenters. The van der Waals surface area contributed by atoms with Gasteiger partial charge in [0.15, 0.2) is 0 Å². The monoisotopic (exact) mass is 321 g/mol. The van der Waals surface area contributed by atoms with Gasteiger partial charge in [0.2, 0.25) is 0 Å². The summed E-state index contributed by atoms with van der Waals surface area (Å²) in [5, 5.41) is 19.4. The van der Waals surface area contributed by atoms with E-state index in [0.717, 1.165) is 10.6 Å². The van der Waals surface area contributed by atoms with Crippen LogP contribution in [-0.4, -0.2) is 50.5 Å². The highest BCUT2D eigenvalue weighted by molar-refractivity contribution is 7.09. The third kappa shape index (κ3) is 3.12. The quantitative estimate of drug-likeness (QED) is 0.872. The minimum atomic E-state index is -0.111. The summed E-state index contributed by atoms with van der Waals surface area (Å²) in [6.45, 7) is 1.66. The Morgan fingerprint density at radius 3 is 3.05 bits per heavy atom. The number of urea groups is 1. The van der Waals surface area contributed by atoms with E-state index >= 15 is 0 Å². The van der Waals surface area contributed by atoms with Gasteiger partial charge in [0.1, 0.15) is 5.01 Å². The maximum absolute atomic E-state index is 12.3. The number of hydrogen-bond acceptors (Lipinski definition) is 5. The highest BCUT2D eigenvalue weighted by Gasteiger charge is 2.36. The van der Waals surface area contributed by atoms with E-state index in [-0.39, 0.29) is 24.5 Å². The molecule has 3 heterocycles. The van der Waals surface area contributed by atoms with Gasteiger partial charge in [-0.15, -0.1) is 11.3 Å². The Kier molecular flexibility index (Phi) is 4.39. The Hall–Kier alpha value is -1.93. The van der Waals surface area contributed by atoms with Crippen molar-refractivity contribution in [1.82, 2.24) is 25.0 Å². The summed E-state index contributed by atoms with van der Waals surface area (Å²) in [5.74, 6) is 0.180. The zero-order valence-electron chi connectivity index (χ0n) is 12.3. The maximum atomic E-state index is 12.3. The van der Waals surface area contributed by atoms with Gasteiger partial charge in [0.05, 0.1) is 12.7 Å². The van der Waals surface area contributed by atoms with E-state index in [1.807, 2.05) is 24.8 Å². The van der Waals surface area contributed by atoms with Gasteiger partial charge in [-0.25, -0.2) is 9.78 Å². The van der Waals surface area contributed by atoms with E-state index in [4.69, 9.17) is 0 Å². The second-order valence-corrected chi connectivity index (χ2v) is 6.47. The number of hydrogen-bond donors (Lipinski definition) is 2. The largest absolute Gasteiger partial charge is 0.396 e. The molecule has 0 aliphatic carbocycles. The molecule has 1 aliphatic rings. The second-order valence-electron chi connectivity index (χ2n) is 5.49. The lowest BCUT2D eigenvalue weighted by Gasteiger charge is -2.16. The first-order valence-corrected chi connectivity index (χ1v) is 8.06. The van der Waals surface area contributed by atoms with Gasteiger partial charge in [-0.05, 0) is 5.56 Å². The Labute approximate surface area is 132 Å². The molecule has 1 aliphatic heterocycles. The minimum Gasteiger partial charge on any atom is -0.396 e. The molecule has 7 nitrogen and oxygen atoms in total. The topological polar surface area (TPSA) is 83.3 Å². The fourth-order valence-electron chi connectivity index (χ4n) is 2.83. The van der Waals surface area contributed by atoms with Crippen molar-refractivity contribution in [2.45, 2.75) is 12.5 Å². The molecule has 22 heavy (non-hydrogen) atoms. The van der Waals surface area contributed by atoms with Gasteiger partial charge in [-0.2, -0.15) is 5.10 Å². The van der Waals surface area contributed by atoms with E-state index in [0.29, 0.717) is 19.6 Å². The number of aliphatic hydroxyl groups excluding tert-OH is 1. The SMILES string of the molecule is Cn1cc([C@@H]2CN(C(=O)NCc3nccs3)C[C@H]2CO)cn1. The summed E-state index contributed by atoms with van der Waals surface area (Å²) in [4.78, 5) is 18.2. The first-order valence-electron chi connectivity index (χ1n) is 7.18. The highest BCUT2D eigenvalue weighted by Crippen LogP contribution is 2.32. The van der Waals surface area contributed by atoms with Crippen molar-refractivity contribution in [1.29, 1.82) is 0 Å². The lowest BCUT2D eigenvalue weighted by atomic mass is 9.92. The molecule has 0 bridgehead atoms. The standard InChI is InChI=1S/C14H19N5O2S/c1-18-6-10(4-17-18)12-8-19(7-11(12)9-20)14(21)16-5-13-15-2-3-22-13/h2-4,6,11-12,20H,5,7-9H2,1H3,(H,16,21)/t11-,12-/m0/s1. The first-order chi connectivity index (χ1) is 10.7. The Morgan fingerprint density at radius 2 is 2.41 bits per heavy atom. The summed E-state index contributed by atoms with van der Waals surface area (Å²) in [7, 11) is 1.87. The third-order valence-electron chi connectivity index (χ3n) is 3.99. The van der Waals surface area contributed by atoms with Crippen LogP contribution in [0.15, 0.2) is 24.0 Å². The van der Waals surface area contributed by atoms with E-state index < -0.39 is 0 Å². The van der Waals surface area contributed by atoms with Crippen LogP contribution in [0.5, 0.6) is 0 Å². The fourth-order valence-corrected chi connectivity index (χ4v) is 3.39. The van der Waals surface area contributed by atoms with Crippen LogP contribution in [0.1, 0.15) is 16.5 Å². The number of aromatic nitrogens is 3. The van der Waals surface area contributed by atoms with Crippen molar-refractivity contribution in [2.75, 3.05) is 19.7 Å². The van der Waals surface area contributed by atoms with Gasteiger partial charge >= 0.3 is 6.03 Å². The van der Waals surface area contributed by atoms with Crippen molar-refractivity contribution in [3.63, 3.8) is 0 Å². The predicted octanol–water partition coefficient (Wildman–Crippen LogP) is 0.794. The molecule has 0 saturated carbocycles. The molecule has 1 saturated heterocycles. The summed E-state index contributed by atoms with van der Waals surface area (Å²) in [6, 6.07) is -0.111. The number of rotatable bonds is 4. The lowest BCUT2D eigenvalue weighted by Crippen LogP contribution is -2.38. The van der Waals surface area contributed by atoms with Crippen molar-refractivity contribution < 1.29 is 9.90 Å². The molecule has 2 aromatic heterocycles. The van der Waals surface area contributed by atoms with Crippen LogP contribution in [0.3, 0.4) is 0 Å². The Morgan fingerprint density at radius 1 is 1.55 bits per heavy atom. The van der Waals surface area contributed by atoms with Gasteiger partial charge in [-0.1, -0.05) is 0 Å². The molecule has 2 amide bonds. The average Bonchev–Trinajstić information content (AvgIpc) is 3.24. The molecule has 2 aromatic rings. The number of thiazole rings is 1. The number of nitrogens with one attached hydrogen (secondary N) is 1. The molecule has 2 N–H and O–H groups in total. The normalized spacial score (nSPS) is 21.3. The lowest BCUT2D eigenvalue weighted by molar-refractivity contribution is 0.197. The number of aliphatic hydroxyl groups is 1. The summed E-state index contributed by atoms with van der Waals surface area (Å²) in [5.41, 5.74) is 1.07. The first kappa shape index (κ1) is 15.0. The molecule has 0 spiro atoms. The number of aryl methyl sites for hydroxylation is 1. The number of amides is 2. The van der Waals surface area contributed by atoms with Crippen LogP contribution in [-0.2, 0) is 13.6 Å². The van der Waals surface area contributed by atoms with E-state index in [1.165, 1.54) is 11.3 Å². The van der Waals surface area contributed by atoms with Gasteiger partial charge in [0, 0.05) is 56.4 Å². The molecular weight excluding hydrogens is 302 g/mol. The molecule has 1 fully saturated rings. The van der Waals surface area contributed by atoms with Gasteiger partial charge in [-0.3, -0.25) is 4.68 Å².